The summed E-state index contributed by atoms with van der Waals surface area (Å²) in [5.74, 6) is 0.424. The molecule has 10 heavy (non-hydrogen) atoms. The number of nitrogen functional groups attached to an aromatic ring is 1. The van der Waals surface area contributed by atoms with E-state index in [4.69, 9.17) is 5.73 Å². The lowest BCUT2D eigenvalue weighted by atomic mass is 10.2. The topological polar surface area (TPSA) is 58.9 Å². The number of aromatic nitrogens is 1. The van der Waals surface area contributed by atoms with Crippen molar-refractivity contribution in [3.05, 3.63) is 27.5 Å². The predicted molar refractivity (Wildman–Crippen MR) is 40.9 cm³/mol. The van der Waals surface area contributed by atoms with Crippen LogP contribution in [0.5, 0.6) is 0 Å². The number of anilines is 1. The first-order chi connectivity index (χ1) is 4.61. The summed E-state index contributed by atoms with van der Waals surface area (Å²) in [6.07, 6.45) is 0. The van der Waals surface area contributed by atoms with Crippen molar-refractivity contribution in [2.45, 2.75) is 13.8 Å². The highest BCUT2D eigenvalue weighted by molar-refractivity contribution is 5.35. The van der Waals surface area contributed by atoms with Crippen LogP contribution in [0.25, 0.3) is 0 Å². The van der Waals surface area contributed by atoms with E-state index >= 15 is 0 Å². The second-order valence-electron chi connectivity index (χ2n) is 2.36. The molecular weight excluding hydrogens is 128 g/mol. The lowest BCUT2D eigenvalue weighted by Crippen LogP contribution is -2.12. The molecule has 0 fully saturated rings. The molecule has 3 N–H and O–H groups in total. The van der Waals surface area contributed by atoms with Crippen LogP contribution in [0.3, 0.4) is 0 Å². The van der Waals surface area contributed by atoms with E-state index in [-0.39, 0.29) is 5.56 Å². The van der Waals surface area contributed by atoms with E-state index < -0.39 is 0 Å². The summed E-state index contributed by atoms with van der Waals surface area (Å²) >= 11 is 0. The molecule has 0 aliphatic carbocycles. The second-order valence-corrected chi connectivity index (χ2v) is 2.36. The Morgan fingerprint density at radius 2 is 2.10 bits per heavy atom. The average Bonchev–Trinajstić information content (AvgIpc) is 1.82. The fraction of sp³-hybridized carbons (Fsp3) is 0.286. The van der Waals surface area contributed by atoms with Crippen molar-refractivity contribution < 1.29 is 0 Å². The van der Waals surface area contributed by atoms with Gasteiger partial charge in [-0.05, 0) is 25.5 Å². The van der Waals surface area contributed by atoms with Crippen molar-refractivity contribution in [1.29, 1.82) is 0 Å². The molecule has 0 aromatic carbocycles. The Morgan fingerprint density at radius 1 is 1.50 bits per heavy atom. The molecule has 1 rings (SSSR count). The number of nitrogens with one attached hydrogen (secondary N) is 1. The Morgan fingerprint density at radius 3 is 2.60 bits per heavy atom. The van der Waals surface area contributed by atoms with Crippen LogP contribution in [0.2, 0.25) is 0 Å². The van der Waals surface area contributed by atoms with E-state index in [1.165, 1.54) is 0 Å². The Balaban J connectivity index is 3.46. The Labute approximate surface area is 58.9 Å². The highest BCUT2D eigenvalue weighted by Gasteiger charge is 1.97. The summed E-state index contributed by atoms with van der Waals surface area (Å²) in [6.45, 7) is 3.63. The quantitative estimate of drug-likeness (QED) is 0.550. The minimum absolute atomic E-state index is 0.0995. The summed E-state index contributed by atoms with van der Waals surface area (Å²) in [4.78, 5) is 13.4. The van der Waals surface area contributed by atoms with Gasteiger partial charge in [0.15, 0.2) is 0 Å². The molecule has 1 aromatic heterocycles. The van der Waals surface area contributed by atoms with Gasteiger partial charge < -0.3 is 10.7 Å². The highest BCUT2D eigenvalue weighted by Crippen LogP contribution is 2.01. The van der Waals surface area contributed by atoms with Gasteiger partial charge in [0.2, 0.25) is 0 Å². The van der Waals surface area contributed by atoms with Crippen molar-refractivity contribution in [3.63, 3.8) is 0 Å². The molecule has 0 radical (unpaired) electrons. The molecule has 0 aliphatic heterocycles. The summed E-state index contributed by atoms with van der Waals surface area (Å²) in [7, 11) is 0. The van der Waals surface area contributed by atoms with Gasteiger partial charge in [0.1, 0.15) is 5.82 Å². The van der Waals surface area contributed by atoms with Crippen LogP contribution < -0.4 is 11.3 Å². The molecule has 54 valence electrons. The molecule has 0 aliphatic rings. The zero-order valence-electron chi connectivity index (χ0n) is 6.06. The first kappa shape index (κ1) is 6.86. The number of hydrogen-bond acceptors (Lipinski definition) is 2. The van der Waals surface area contributed by atoms with Gasteiger partial charge in [0.05, 0.1) is 0 Å². The van der Waals surface area contributed by atoms with E-state index in [0.717, 1.165) is 11.1 Å². The monoisotopic (exact) mass is 138 g/mol. The van der Waals surface area contributed by atoms with Crippen LogP contribution in [0.15, 0.2) is 10.9 Å². The summed E-state index contributed by atoms with van der Waals surface area (Å²) in [6, 6.07) is 1.75. The molecule has 0 bridgehead atoms. The van der Waals surface area contributed by atoms with Crippen molar-refractivity contribution in [2.75, 3.05) is 5.73 Å². The third kappa shape index (κ3) is 1.03. The van der Waals surface area contributed by atoms with Crippen molar-refractivity contribution in [1.82, 2.24) is 4.98 Å². The lowest BCUT2D eigenvalue weighted by molar-refractivity contribution is 1.15. The largest absolute Gasteiger partial charge is 0.385 e. The van der Waals surface area contributed by atoms with Crippen LogP contribution in [0.1, 0.15) is 11.1 Å². The predicted octanol–water partition coefficient (Wildman–Crippen LogP) is 0.574. The zero-order valence-corrected chi connectivity index (χ0v) is 6.06. The minimum atomic E-state index is -0.0995. The highest BCUT2D eigenvalue weighted by atomic mass is 16.1. The molecule has 0 amide bonds. The van der Waals surface area contributed by atoms with Crippen LogP contribution in [0, 0.1) is 13.8 Å². The third-order valence-electron chi connectivity index (χ3n) is 1.56. The lowest BCUT2D eigenvalue weighted by Gasteiger charge is -1.98. The summed E-state index contributed by atoms with van der Waals surface area (Å²) < 4.78 is 0. The molecule has 3 nitrogen and oxygen atoms in total. The van der Waals surface area contributed by atoms with E-state index in [1.807, 2.05) is 6.92 Å². The Bertz CT molecular complexity index is 301. The van der Waals surface area contributed by atoms with Gasteiger partial charge in [-0.3, -0.25) is 4.79 Å². The molecule has 0 atom stereocenters. The third-order valence-corrected chi connectivity index (χ3v) is 1.56. The number of pyridine rings is 1. The van der Waals surface area contributed by atoms with E-state index in [0.29, 0.717) is 5.82 Å². The van der Waals surface area contributed by atoms with Crippen LogP contribution >= 0.6 is 0 Å². The molecule has 0 unspecified atom stereocenters. The van der Waals surface area contributed by atoms with E-state index in [9.17, 15) is 4.79 Å². The molecule has 3 heteroatoms. The Hall–Kier alpha value is -1.25. The van der Waals surface area contributed by atoms with Crippen molar-refractivity contribution >= 4 is 5.82 Å². The van der Waals surface area contributed by atoms with Gasteiger partial charge in [-0.15, -0.1) is 0 Å². The maximum atomic E-state index is 10.9. The smallest absolute Gasteiger partial charge is 0.252 e. The fourth-order valence-corrected chi connectivity index (χ4v) is 0.782. The zero-order chi connectivity index (χ0) is 7.72. The number of aryl methyl sites for hydroxylation is 1. The molecule has 1 aromatic rings. The number of H-pyrrole nitrogens is 1. The maximum Gasteiger partial charge on any atom is 0.252 e. The average molecular weight is 138 g/mol. The number of nitrogens with two attached hydrogens (primary N) is 1. The van der Waals surface area contributed by atoms with Crippen LogP contribution in [-0.4, -0.2) is 4.98 Å². The molecular formula is C7H10N2O. The van der Waals surface area contributed by atoms with E-state index in [1.54, 1.807) is 13.0 Å². The number of aromatic amines is 1. The molecule has 0 saturated carbocycles. The first-order valence-electron chi connectivity index (χ1n) is 3.07. The number of hydrogen-bond donors (Lipinski definition) is 2. The number of rotatable bonds is 0. The Kier molecular flexibility index (Phi) is 1.49. The summed E-state index contributed by atoms with van der Waals surface area (Å²) in [5.41, 5.74) is 6.94. The molecule has 1 heterocycles. The first-order valence-corrected chi connectivity index (χ1v) is 3.07. The van der Waals surface area contributed by atoms with Gasteiger partial charge in [-0.2, -0.15) is 0 Å². The molecule has 0 saturated heterocycles. The van der Waals surface area contributed by atoms with Gasteiger partial charge >= 0.3 is 0 Å². The van der Waals surface area contributed by atoms with Gasteiger partial charge in [0.25, 0.3) is 5.56 Å². The van der Waals surface area contributed by atoms with Crippen molar-refractivity contribution in [2.24, 2.45) is 0 Å². The van der Waals surface area contributed by atoms with Gasteiger partial charge in [-0.1, -0.05) is 0 Å². The van der Waals surface area contributed by atoms with Gasteiger partial charge in [0, 0.05) is 5.56 Å². The maximum absolute atomic E-state index is 10.9. The standard InChI is InChI=1S/C7H10N2O/c1-4-3-6(8)9-7(10)5(4)2/h3H,1-2H3,(H3,8,9,10). The fourth-order valence-electron chi connectivity index (χ4n) is 0.782. The minimum Gasteiger partial charge on any atom is -0.385 e. The van der Waals surface area contributed by atoms with Crippen LogP contribution in [0.4, 0.5) is 5.82 Å². The molecule has 0 spiro atoms. The van der Waals surface area contributed by atoms with Crippen LogP contribution in [-0.2, 0) is 0 Å². The van der Waals surface area contributed by atoms with Gasteiger partial charge in [-0.25, -0.2) is 0 Å². The SMILES string of the molecule is Cc1cc(N)[nH]c(=O)c1C. The van der Waals surface area contributed by atoms with E-state index in [2.05, 4.69) is 4.98 Å². The van der Waals surface area contributed by atoms with Crippen molar-refractivity contribution in [3.8, 4) is 0 Å². The second kappa shape index (κ2) is 2.17. The summed E-state index contributed by atoms with van der Waals surface area (Å²) in [5, 5.41) is 0. The normalized spacial score (nSPS) is 9.80.